The highest BCUT2D eigenvalue weighted by molar-refractivity contribution is 5.78. The topological polar surface area (TPSA) is 52.3 Å². The van der Waals surface area contributed by atoms with E-state index in [-0.39, 0.29) is 24.4 Å². The molecule has 5 heteroatoms. The SMILES string of the molecule is COC(=O)C(CN)(Cc1cc(F)ccc1F)C1CC1. The van der Waals surface area contributed by atoms with Crippen molar-refractivity contribution in [1.29, 1.82) is 0 Å². The number of carbonyl (C=O) groups is 1. The number of rotatable bonds is 5. The highest BCUT2D eigenvalue weighted by atomic mass is 19.1. The maximum atomic E-state index is 13.7. The average molecular weight is 269 g/mol. The van der Waals surface area contributed by atoms with Crippen molar-refractivity contribution in [2.75, 3.05) is 13.7 Å². The summed E-state index contributed by atoms with van der Waals surface area (Å²) in [6.45, 7) is 0.0697. The van der Waals surface area contributed by atoms with Crippen molar-refractivity contribution < 1.29 is 18.3 Å². The number of ether oxygens (including phenoxy) is 1. The minimum atomic E-state index is -0.941. The summed E-state index contributed by atoms with van der Waals surface area (Å²) in [5.41, 5.74) is 4.97. The molecule has 2 N–H and O–H groups in total. The van der Waals surface area contributed by atoms with Gasteiger partial charge in [0.1, 0.15) is 11.6 Å². The van der Waals surface area contributed by atoms with Crippen molar-refractivity contribution in [3.05, 3.63) is 35.4 Å². The first-order valence-corrected chi connectivity index (χ1v) is 6.26. The number of esters is 1. The Morgan fingerprint density at radius 3 is 2.68 bits per heavy atom. The molecule has 0 bridgehead atoms. The second-order valence-electron chi connectivity index (χ2n) is 5.04. The van der Waals surface area contributed by atoms with E-state index in [0.717, 1.165) is 31.0 Å². The summed E-state index contributed by atoms with van der Waals surface area (Å²) in [5, 5.41) is 0. The Morgan fingerprint density at radius 2 is 2.16 bits per heavy atom. The molecule has 0 amide bonds. The van der Waals surface area contributed by atoms with Crippen LogP contribution in [0.4, 0.5) is 8.78 Å². The van der Waals surface area contributed by atoms with E-state index in [0.29, 0.717) is 0 Å². The minimum absolute atomic E-state index is 0.0697. The summed E-state index contributed by atoms with van der Waals surface area (Å²) in [7, 11) is 1.29. The lowest BCUT2D eigenvalue weighted by atomic mass is 9.77. The molecule has 1 aliphatic rings. The molecule has 1 aromatic rings. The lowest BCUT2D eigenvalue weighted by Crippen LogP contribution is -2.43. The Kier molecular flexibility index (Phi) is 3.85. The molecule has 1 aromatic carbocycles. The third-order valence-corrected chi connectivity index (χ3v) is 3.83. The standard InChI is InChI=1S/C14H17F2NO2/c1-19-13(18)14(8-17,10-2-3-10)7-9-6-11(15)4-5-12(9)16/h4-6,10H,2-3,7-8,17H2,1H3. The molecule has 19 heavy (non-hydrogen) atoms. The van der Waals surface area contributed by atoms with E-state index in [1.807, 2.05) is 0 Å². The van der Waals surface area contributed by atoms with E-state index >= 15 is 0 Å². The largest absolute Gasteiger partial charge is 0.469 e. The van der Waals surface area contributed by atoms with Gasteiger partial charge in [-0.3, -0.25) is 4.79 Å². The van der Waals surface area contributed by atoms with E-state index < -0.39 is 23.0 Å². The Bertz CT molecular complexity index is 488. The van der Waals surface area contributed by atoms with Gasteiger partial charge in [0.15, 0.2) is 0 Å². The van der Waals surface area contributed by atoms with Gasteiger partial charge in [0.25, 0.3) is 0 Å². The molecule has 3 nitrogen and oxygen atoms in total. The van der Waals surface area contributed by atoms with Crippen LogP contribution in [-0.2, 0) is 16.0 Å². The molecule has 0 saturated heterocycles. The summed E-state index contributed by atoms with van der Waals surface area (Å²) in [6.07, 6.45) is 1.80. The first-order chi connectivity index (χ1) is 9.03. The number of hydrogen-bond acceptors (Lipinski definition) is 3. The Morgan fingerprint density at radius 1 is 1.47 bits per heavy atom. The molecular formula is C14H17F2NO2. The van der Waals surface area contributed by atoms with E-state index in [1.54, 1.807) is 0 Å². The van der Waals surface area contributed by atoms with Crippen molar-refractivity contribution in [1.82, 2.24) is 0 Å². The van der Waals surface area contributed by atoms with Crippen LogP contribution in [-0.4, -0.2) is 19.6 Å². The monoisotopic (exact) mass is 269 g/mol. The van der Waals surface area contributed by atoms with Crippen LogP contribution in [0.2, 0.25) is 0 Å². The second kappa shape index (κ2) is 5.25. The molecule has 1 saturated carbocycles. The molecule has 1 aliphatic carbocycles. The van der Waals surface area contributed by atoms with Crippen LogP contribution in [0.15, 0.2) is 18.2 Å². The molecule has 104 valence electrons. The number of halogens is 2. The molecule has 0 heterocycles. The second-order valence-corrected chi connectivity index (χ2v) is 5.04. The molecule has 2 rings (SSSR count). The molecule has 0 spiro atoms. The Balaban J connectivity index is 2.34. The predicted octanol–water partition coefficient (Wildman–Crippen LogP) is 2.04. The van der Waals surface area contributed by atoms with E-state index in [1.165, 1.54) is 7.11 Å². The lowest BCUT2D eigenvalue weighted by Gasteiger charge is -2.30. The molecule has 1 unspecified atom stereocenters. The van der Waals surface area contributed by atoms with Gasteiger partial charge in [-0.1, -0.05) is 0 Å². The first-order valence-electron chi connectivity index (χ1n) is 6.26. The molecule has 0 aromatic heterocycles. The van der Waals surface area contributed by atoms with Gasteiger partial charge in [-0.2, -0.15) is 0 Å². The highest BCUT2D eigenvalue weighted by Crippen LogP contribution is 2.48. The van der Waals surface area contributed by atoms with Crippen LogP contribution in [0.3, 0.4) is 0 Å². The van der Waals surface area contributed by atoms with Crippen molar-refractivity contribution in [2.24, 2.45) is 17.1 Å². The zero-order valence-corrected chi connectivity index (χ0v) is 10.8. The van der Waals surface area contributed by atoms with Crippen LogP contribution >= 0.6 is 0 Å². The van der Waals surface area contributed by atoms with Crippen LogP contribution in [0, 0.1) is 23.0 Å². The van der Waals surface area contributed by atoms with Gasteiger partial charge in [0.2, 0.25) is 0 Å². The van der Waals surface area contributed by atoms with Gasteiger partial charge >= 0.3 is 5.97 Å². The van der Waals surface area contributed by atoms with Gasteiger partial charge in [-0.15, -0.1) is 0 Å². The predicted molar refractivity (Wildman–Crippen MR) is 66.3 cm³/mol. The van der Waals surface area contributed by atoms with Crippen molar-refractivity contribution in [3.63, 3.8) is 0 Å². The maximum Gasteiger partial charge on any atom is 0.313 e. The number of methoxy groups -OCH3 is 1. The molecular weight excluding hydrogens is 252 g/mol. The van der Waals surface area contributed by atoms with Crippen LogP contribution in [0.1, 0.15) is 18.4 Å². The van der Waals surface area contributed by atoms with Crippen LogP contribution in [0.5, 0.6) is 0 Å². The summed E-state index contributed by atoms with van der Waals surface area (Å²) in [5.74, 6) is -1.40. The Labute approximate surface area is 110 Å². The minimum Gasteiger partial charge on any atom is -0.469 e. The normalized spacial score (nSPS) is 17.9. The van der Waals surface area contributed by atoms with Gasteiger partial charge in [-0.05, 0) is 48.9 Å². The third-order valence-electron chi connectivity index (χ3n) is 3.83. The van der Waals surface area contributed by atoms with E-state index in [9.17, 15) is 13.6 Å². The van der Waals surface area contributed by atoms with Crippen molar-refractivity contribution >= 4 is 5.97 Å². The summed E-state index contributed by atoms with van der Waals surface area (Å²) in [6, 6.07) is 3.24. The molecule has 0 radical (unpaired) electrons. The number of carbonyl (C=O) groups excluding carboxylic acids is 1. The maximum absolute atomic E-state index is 13.7. The van der Waals surface area contributed by atoms with Crippen molar-refractivity contribution in [3.8, 4) is 0 Å². The van der Waals surface area contributed by atoms with Gasteiger partial charge in [0, 0.05) is 6.54 Å². The summed E-state index contributed by atoms with van der Waals surface area (Å²) >= 11 is 0. The van der Waals surface area contributed by atoms with Gasteiger partial charge in [0.05, 0.1) is 12.5 Å². The third kappa shape index (κ3) is 2.61. The number of nitrogens with two attached hydrogens (primary N) is 1. The zero-order valence-electron chi connectivity index (χ0n) is 10.8. The zero-order chi connectivity index (χ0) is 14.0. The lowest BCUT2D eigenvalue weighted by molar-refractivity contribution is -0.153. The summed E-state index contributed by atoms with van der Waals surface area (Å²) < 4.78 is 31.8. The summed E-state index contributed by atoms with van der Waals surface area (Å²) in [4.78, 5) is 12.0. The fourth-order valence-corrected chi connectivity index (χ4v) is 2.56. The van der Waals surface area contributed by atoms with Crippen LogP contribution in [0.25, 0.3) is 0 Å². The first kappa shape index (κ1) is 13.9. The quantitative estimate of drug-likeness (QED) is 0.832. The number of hydrogen-bond donors (Lipinski definition) is 1. The highest BCUT2D eigenvalue weighted by Gasteiger charge is 2.51. The van der Waals surface area contributed by atoms with E-state index in [4.69, 9.17) is 10.5 Å². The molecule has 0 aliphatic heterocycles. The van der Waals surface area contributed by atoms with Gasteiger partial charge in [-0.25, -0.2) is 8.78 Å². The molecule has 1 atom stereocenters. The van der Waals surface area contributed by atoms with Gasteiger partial charge < -0.3 is 10.5 Å². The average Bonchev–Trinajstić information content (AvgIpc) is 3.23. The fraction of sp³-hybridized carbons (Fsp3) is 0.500. The molecule has 1 fully saturated rings. The van der Waals surface area contributed by atoms with Crippen LogP contribution < -0.4 is 5.73 Å². The Hall–Kier alpha value is -1.49. The smallest absolute Gasteiger partial charge is 0.313 e. The van der Waals surface area contributed by atoms with Crippen molar-refractivity contribution in [2.45, 2.75) is 19.3 Å². The fourth-order valence-electron chi connectivity index (χ4n) is 2.56. The van der Waals surface area contributed by atoms with E-state index in [2.05, 4.69) is 0 Å². The number of benzene rings is 1.